The summed E-state index contributed by atoms with van der Waals surface area (Å²) in [6, 6.07) is 7.81. The van der Waals surface area contributed by atoms with Gasteiger partial charge in [0.25, 0.3) is 0 Å². The summed E-state index contributed by atoms with van der Waals surface area (Å²) in [4.78, 5) is 25.1. The Balaban J connectivity index is 0.00000272. The summed E-state index contributed by atoms with van der Waals surface area (Å²) in [5.41, 5.74) is 10.5. The molecule has 0 saturated carbocycles. The Morgan fingerprint density at radius 2 is 1.74 bits per heavy atom. The van der Waals surface area contributed by atoms with Crippen LogP contribution in [0.5, 0.6) is 0 Å². The molecule has 3 aromatic rings. The number of piperazine rings is 1. The number of carbonyl (C=O) groups excluding carboxylic acids is 1. The number of nitrogens with two attached hydrogens (primary N) is 1. The van der Waals surface area contributed by atoms with E-state index in [1.54, 1.807) is 12.4 Å². The van der Waals surface area contributed by atoms with Crippen molar-refractivity contribution in [2.24, 2.45) is 12.8 Å². The Bertz CT molecular complexity index is 1030. The van der Waals surface area contributed by atoms with Gasteiger partial charge in [-0.3, -0.25) is 19.4 Å². The third-order valence-electron chi connectivity index (χ3n) is 5.69. The van der Waals surface area contributed by atoms with Crippen molar-refractivity contribution in [3.63, 3.8) is 0 Å². The van der Waals surface area contributed by atoms with Crippen LogP contribution in [0.4, 0.5) is 5.82 Å². The van der Waals surface area contributed by atoms with Gasteiger partial charge in [-0.1, -0.05) is 24.3 Å². The maximum absolute atomic E-state index is 11.1. The number of amides is 1. The highest BCUT2D eigenvalue weighted by Crippen LogP contribution is 2.28. The number of carbonyl (C=O) groups is 1. The molecule has 1 amide bonds. The van der Waals surface area contributed by atoms with E-state index in [-0.39, 0.29) is 24.7 Å². The minimum Gasteiger partial charge on any atom is -0.369 e. The molecule has 0 unspecified atom stereocenters. The normalized spacial score (nSPS) is 14.3. The van der Waals surface area contributed by atoms with Crippen molar-refractivity contribution in [3.8, 4) is 11.3 Å². The van der Waals surface area contributed by atoms with Crippen LogP contribution in [-0.2, 0) is 24.8 Å². The van der Waals surface area contributed by atoms with E-state index in [1.165, 1.54) is 11.3 Å². The maximum atomic E-state index is 11.1. The van der Waals surface area contributed by atoms with Crippen molar-refractivity contribution < 1.29 is 4.79 Å². The number of rotatable bonds is 6. The summed E-state index contributed by atoms with van der Waals surface area (Å²) in [6.07, 6.45) is 5.67. The summed E-state index contributed by atoms with van der Waals surface area (Å²) in [5.74, 6) is 0.569. The van der Waals surface area contributed by atoms with Gasteiger partial charge in [-0.2, -0.15) is 5.10 Å². The van der Waals surface area contributed by atoms with Gasteiger partial charge in [-0.15, -0.1) is 12.4 Å². The molecule has 1 aliphatic rings. The standard InChI is InChI=1S/C22H27N7O.ClH/c1-16-19(14-26-27(16)2)15-28-9-11-29(12-10-28)22-21(24-7-8-25-22)18-5-3-17(4-6-18)13-20(23)30;/h3-8,14H,9-13,15H2,1-2H3,(H2,23,30);1H. The number of aromatic nitrogens is 4. The summed E-state index contributed by atoms with van der Waals surface area (Å²) < 4.78 is 1.92. The third-order valence-corrected chi connectivity index (χ3v) is 5.69. The highest BCUT2D eigenvalue weighted by molar-refractivity contribution is 5.85. The molecule has 1 aromatic carbocycles. The number of hydrogen-bond donors (Lipinski definition) is 1. The molecule has 1 fully saturated rings. The zero-order chi connectivity index (χ0) is 21.1. The van der Waals surface area contributed by atoms with Crippen molar-refractivity contribution in [2.45, 2.75) is 19.9 Å². The van der Waals surface area contributed by atoms with E-state index in [4.69, 9.17) is 5.73 Å². The average Bonchev–Trinajstić information content (AvgIpc) is 3.07. The molecule has 9 heteroatoms. The number of benzene rings is 1. The first-order valence-corrected chi connectivity index (χ1v) is 10.1. The minimum absolute atomic E-state index is 0. The second-order valence-electron chi connectivity index (χ2n) is 7.71. The molecule has 31 heavy (non-hydrogen) atoms. The number of primary amides is 1. The van der Waals surface area contributed by atoms with Crippen molar-refractivity contribution in [3.05, 3.63) is 59.7 Å². The number of aryl methyl sites for hydroxylation is 1. The molecule has 0 aliphatic carbocycles. The minimum atomic E-state index is -0.331. The van der Waals surface area contributed by atoms with Gasteiger partial charge >= 0.3 is 0 Å². The molecule has 0 bridgehead atoms. The van der Waals surface area contributed by atoms with Crippen LogP contribution in [0, 0.1) is 6.92 Å². The molecule has 3 heterocycles. The second kappa shape index (κ2) is 9.89. The molecule has 2 N–H and O–H groups in total. The lowest BCUT2D eigenvalue weighted by atomic mass is 10.1. The lowest BCUT2D eigenvalue weighted by molar-refractivity contribution is -0.117. The zero-order valence-corrected chi connectivity index (χ0v) is 18.7. The van der Waals surface area contributed by atoms with Gasteiger partial charge in [0.05, 0.1) is 12.6 Å². The van der Waals surface area contributed by atoms with Gasteiger partial charge < -0.3 is 10.6 Å². The van der Waals surface area contributed by atoms with E-state index < -0.39 is 0 Å². The van der Waals surface area contributed by atoms with Crippen molar-refractivity contribution >= 4 is 24.1 Å². The van der Waals surface area contributed by atoms with Gasteiger partial charge in [0, 0.05) is 69.0 Å². The molecule has 1 saturated heterocycles. The van der Waals surface area contributed by atoms with Crippen LogP contribution in [0.3, 0.4) is 0 Å². The van der Waals surface area contributed by atoms with E-state index in [1.807, 2.05) is 42.2 Å². The molecule has 8 nitrogen and oxygen atoms in total. The molecule has 0 spiro atoms. The van der Waals surface area contributed by atoms with Gasteiger partial charge in [0.1, 0.15) is 5.69 Å². The van der Waals surface area contributed by atoms with E-state index in [0.29, 0.717) is 0 Å². The first-order chi connectivity index (χ1) is 14.5. The fraction of sp³-hybridized carbons (Fsp3) is 0.364. The monoisotopic (exact) mass is 441 g/mol. The van der Waals surface area contributed by atoms with Crippen LogP contribution in [0.25, 0.3) is 11.3 Å². The number of halogens is 1. The highest BCUT2D eigenvalue weighted by atomic mass is 35.5. The number of nitrogens with zero attached hydrogens (tertiary/aromatic N) is 6. The predicted octanol–water partition coefficient (Wildman–Crippen LogP) is 1.96. The fourth-order valence-electron chi connectivity index (χ4n) is 3.81. The molecule has 0 atom stereocenters. The highest BCUT2D eigenvalue weighted by Gasteiger charge is 2.22. The van der Waals surface area contributed by atoms with E-state index in [9.17, 15) is 4.79 Å². The predicted molar refractivity (Wildman–Crippen MR) is 123 cm³/mol. The molecular weight excluding hydrogens is 414 g/mol. The quantitative estimate of drug-likeness (QED) is 0.628. The van der Waals surface area contributed by atoms with Crippen molar-refractivity contribution in [1.82, 2.24) is 24.6 Å². The summed E-state index contributed by atoms with van der Waals surface area (Å²) >= 11 is 0. The maximum Gasteiger partial charge on any atom is 0.221 e. The molecule has 4 rings (SSSR count). The van der Waals surface area contributed by atoms with Crippen LogP contribution in [0.15, 0.2) is 42.9 Å². The molecule has 0 radical (unpaired) electrons. The first-order valence-electron chi connectivity index (χ1n) is 10.1. The molecule has 2 aromatic heterocycles. The topological polar surface area (TPSA) is 93.2 Å². The Kier molecular flexibility index (Phi) is 7.25. The molecule has 164 valence electrons. The fourth-order valence-corrected chi connectivity index (χ4v) is 3.81. The third kappa shape index (κ3) is 5.21. The lowest BCUT2D eigenvalue weighted by Crippen LogP contribution is -2.46. The van der Waals surface area contributed by atoms with Crippen LogP contribution in [0.2, 0.25) is 0 Å². The van der Waals surface area contributed by atoms with Crippen molar-refractivity contribution in [2.75, 3.05) is 31.1 Å². The van der Waals surface area contributed by atoms with Gasteiger partial charge in [-0.25, -0.2) is 4.98 Å². The van der Waals surface area contributed by atoms with Crippen LogP contribution in [-0.4, -0.2) is 56.7 Å². The number of hydrogen-bond acceptors (Lipinski definition) is 6. The zero-order valence-electron chi connectivity index (χ0n) is 17.9. The van der Waals surface area contributed by atoms with Gasteiger partial charge in [0.2, 0.25) is 5.91 Å². The van der Waals surface area contributed by atoms with Crippen LogP contribution < -0.4 is 10.6 Å². The second-order valence-corrected chi connectivity index (χ2v) is 7.71. The lowest BCUT2D eigenvalue weighted by Gasteiger charge is -2.35. The SMILES string of the molecule is Cc1c(CN2CCN(c3nccnc3-c3ccc(CC(N)=O)cc3)CC2)cnn1C.Cl. The summed E-state index contributed by atoms with van der Waals surface area (Å²) in [7, 11) is 1.98. The van der Waals surface area contributed by atoms with E-state index in [0.717, 1.165) is 55.4 Å². The number of anilines is 1. The largest absolute Gasteiger partial charge is 0.369 e. The summed E-state index contributed by atoms with van der Waals surface area (Å²) in [6.45, 7) is 6.74. The Hall–Kier alpha value is -2.97. The van der Waals surface area contributed by atoms with E-state index >= 15 is 0 Å². The van der Waals surface area contributed by atoms with Crippen LogP contribution >= 0.6 is 12.4 Å². The van der Waals surface area contributed by atoms with Crippen molar-refractivity contribution in [1.29, 1.82) is 0 Å². The Labute approximate surface area is 188 Å². The Morgan fingerprint density at radius 1 is 1.06 bits per heavy atom. The van der Waals surface area contributed by atoms with Gasteiger partial charge in [-0.05, 0) is 12.5 Å². The Morgan fingerprint density at radius 3 is 2.35 bits per heavy atom. The molecule has 1 aliphatic heterocycles. The smallest absolute Gasteiger partial charge is 0.221 e. The summed E-state index contributed by atoms with van der Waals surface area (Å²) in [5, 5.41) is 4.35. The van der Waals surface area contributed by atoms with Gasteiger partial charge in [0.15, 0.2) is 5.82 Å². The molecular formula is C22H28ClN7O. The van der Waals surface area contributed by atoms with E-state index in [2.05, 4.69) is 31.8 Å². The van der Waals surface area contributed by atoms with Crippen LogP contribution in [0.1, 0.15) is 16.8 Å². The average molecular weight is 442 g/mol. The first kappa shape index (κ1) is 22.7.